The molecule has 4 nitrogen and oxygen atoms in total. The van der Waals surface area contributed by atoms with Crippen molar-refractivity contribution >= 4 is 5.91 Å². The Morgan fingerprint density at radius 1 is 1.47 bits per heavy atom. The molecule has 4 heteroatoms. The smallest absolute Gasteiger partial charge is 0.239 e. The fourth-order valence-corrected chi connectivity index (χ4v) is 2.81. The van der Waals surface area contributed by atoms with Crippen LogP contribution in [0.1, 0.15) is 19.8 Å². The van der Waals surface area contributed by atoms with E-state index in [1.807, 2.05) is 11.8 Å². The zero-order chi connectivity index (χ0) is 11.0. The van der Waals surface area contributed by atoms with Gasteiger partial charge in [-0.25, -0.2) is 0 Å². The predicted molar refractivity (Wildman–Crippen MR) is 57.3 cm³/mol. The molecule has 1 saturated carbocycles. The van der Waals surface area contributed by atoms with Crippen LogP contribution in [0.2, 0.25) is 0 Å². The van der Waals surface area contributed by atoms with E-state index in [0.717, 1.165) is 25.9 Å². The average molecular weight is 212 g/mol. The van der Waals surface area contributed by atoms with Crippen molar-refractivity contribution in [3.05, 3.63) is 0 Å². The van der Waals surface area contributed by atoms with E-state index in [1.54, 1.807) is 7.05 Å². The van der Waals surface area contributed by atoms with Crippen molar-refractivity contribution in [3.8, 4) is 0 Å². The number of carbonyl (C=O) groups excluding carboxylic acids is 1. The van der Waals surface area contributed by atoms with Crippen molar-refractivity contribution in [3.63, 3.8) is 0 Å². The number of aliphatic hydroxyl groups is 1. The van der Waals surface area contributed by atoms with Crippen molar-refractivity contribution in [1.29, 1.82) is 0 Å². The highest BCUT2D eigenvalue weighted by atomic mass is 16.3. The molecule has 1 saturated heterocycles. The lowest BCUT2D eigenvalue weighted by Crippen LogP contribution is -2.43. The molecular formula is C11H20N2O2. The maximum Gasteiger partial charge on any atom is 0.239 e. The van der Waals surface area contributed by atoms with Crippen LogP contribution in [0.15, 0.2) is 0 Å². The second-order valence-corrected chi connectivity index (χ2v) is 4.82. The van der Waals surface area contributed by atoms with E-state index in [-0.39, 0.29) is 18.1 Å². The molecule has 0 spiro atoms. The summed E-state index contributed by atoms with van der Waals surface area (Å²) < 4.78 is 0. The molecule has 1 heterocycles. The van der Waals surface area contributed by atoms with Crippen LogP contribution in [0.5, 0.6) is 0 Å². The molecule has 15 heavy (non-hydrogen) atoms. The van der Waals surface area contributed by atoms with Gasteiger partial charge in [0.05, 0.1) is 12.1 Å². The van der Waals surface area contributed by atoms with Gasteiger partial charge in [0, 0.05) is 19.0 Å². The van der Waals surface area contributed by atoms with Crippen LogP contribution in [0, 0.1) is 11.8 Å². The van der Waals surface area contributed by atoms with Crippen molar-refractivity contribution in [2.45, 2.75) is 31.9 Å². The predicted octanol–water partition coefficient (Wildman–Crippen LogP) is -0.176. The molecule has 0 radical (unpaired) electrons. The Morgan fingerprint density at radius 2 is 2.20 bits per heavy atom. The number of rotatable bonds is 2. The van der Waals surface area contributed by atoms with Crippen LogP contribution in [0.25, 0.3) is 0 Å². The van der Waals surface area contributed by atoms with E-state index in [1.165, 1.54) is 0 Å². The molecule has 2 fully saturated rings. The first kappa shape index (κ1) is 10.9. The maximum atomic E-state index is 11.9. The minimum Gasteiger partial charge on any atom is -0.393 e. The van der Waals surface area contributed by atoms with Gasteiger partial charge in [-0.15, -0.1) is 0 Å². The average Bonchev–Trinajstić information content (AvgIpc) is 2.79. The van der Waals surface area contributed by atoms with Crippen molar-refractivity contribution in [1.82, 2.24) is 10.2 Å². The van der Waals surface area contributed by atoms with E-state index in [9.17, 15) is 9.90 Å². The lowest BCUT2D eigenvalue weighted by molar-refractivity contribution is -0.132. The number of carbonyl (C=O) groups is 1. The van der Waals surface area contributed by atoms with E-state index >= 15 is 0 Å². The molecular weight excluding hydrogens is 192 g/mol. The lowest BCUT2D eigenvalue weighted by atomic mass is 10.00. The van der Waals surface area contributed by atoms with Crippen LogP contribution in [0.3, 0.4) is 0 Å². The third kappa shape index (κ3) is 1.88. The van der Waals surface area contributed by atoms with Crippen molar-refractivity contribution in [2.24, 2.45) is 11.8 Å². The number of likely N-dealkylation sites (N-methyl/N-ethyl adjacent to an activating group) is 1. The molecule has 1 amide bonds. The van der Waals surface area contributed by atoms with Crippen molar-refractivity contribution in [2.75, 3.05) is 20.1 Å². The third-order valence-corrected chi connectivity index (χ3v) is 3.93. The first-order valence-electron chi connectivity index (χ1n) is 5.77. The van der Waals surface area contributed by atoms with Crippen molar-refractivity contribution < 1.29 is 9.90 Å². The van der Waals surface area contributed by atoms with Crippen LogP contribution in [-0.4, -0.2) is 48.2 Å². The van der Waals surface area contributed by atoms with Gasteiger partial charge in [-0.1, -0.05) is 0 Å². The fraction of sp³-hybridized carbons (Fsp3) is 0.909. The van der Waals surface area contributed by atoms with E-state index in [2.05, 4.69) is 5.32 Å². The Hall–Kier alpha value is -0.610. The zero-order valence-corrected chi connectivity index (χ0v) is 9.44. The summed E-state index contributed by atoms with van der Waals surface area (Å²) in [5, 5.41) is 12.7. The molecule has 1 aliphatic heterocycles. The molecule has 86 valence electrons. The lowest BCUT2D eigenvalue weighted by Gasteiger charge is -2.21. The summed E-state index contributed by atoms with van der Waals surface area (Å²) in [6, 6.07) is -0.110. The number of likely N-dealkylation sites (tertiary alicyclic amines) is 1. The summed E-state index contributed by atoms with van der Waals surface area (Å²) in [5.74, 6) is 1.03. The van der Waals surface area contributed by atoms with Crippen LogP contribution in [0.4, 0.5) is 0 Å². The molecule has 2 rings (SSSR count). The molecule has 0 aromatic rings. The van der Waals surface area contributed by atoms with Gasteiger partial charge in [0.25, 0.3) is 0 Å². The van der Waals surface area contributed by atoms with E-state index < -0.39 is 0 Å². The molecule has 2 N–H and O–H groups in total. The first-order valence-corrected chi connectivity index (χ1v) is 5.77. The molecule has 4 atom stereocenters. The number of aliphatic hydroxyl groups excluding tert-OH is 1. The molecule has 2 aliphatic rings. The van der Waals surface area contributed by atoms with Gasteiger partial charge in [-0.05, 0) is 32.7 Å². The van der Waals surface area contributed by atoms with Gasteiger partial charge in [0.2, 0.25) is 5.91 Å². The third-order valence-electron chi connectivity index (χ3n) is 3.93. The summed E-state index contributed by atoms with van der Waals surface area (Å²) in [4.78, 5) is 13.8. The van der Waals surface area contributed by atoms with Gasteiger partial charge < -0.3 is 15.3 Å². The summed E-state index contributed by atoms with van der Waals surface area (Å²) in [6.45, 7) is 3.47. The summed E-state index contributed by atoms with van der Waals surface area (Å²) in [6.07, 6.45) is 1.81. The highest BCUT2D eigenvalue weighted by molar-refractivity contribution is 5.81. The Kier molecular flexibility index (Phi) is 2.98. The summed E-state index contributed by atoms with van der Waals surface area (Å²) in [7, 11) is 1.80. The Labute approximate surface area is 90.6 Å². The SMILES string of the molecule is CNC(C)C(=O)N1CC2CCC(O)C2C1. The van der Waals surface area contributed by atoms with Crippen LogP contribution < -0.4 is 5.32 Å². The van der Waals surface area contributed by atoms with E-state index in [4.69, 9.17) is 0 Å². The Bertz CT molecular complexity index is 257. The number of amides is 1. The van der Waals surface area contributed by atoms with Gasteiger partial charge >= 0.3 is 0 Å². The minimum absolute atomic E-state index is 0.110. The molecule has 0 aromatic carbocycles. The number of fused-ring (bicyclic) bond motifs is 1. The second-order valence-electron chi connectivity index (χ2n) is 4.82. The van der Waals surface area contributed by atoms with Crippen LogP contribution in [-0.2, 0) is 4.79 Å². The Balaban J connectivity index is 1.96. The highest BCUT2D eigenvalue weighted by Crippen LogP contribution is 2.38. The zero-order valence-electron chi connectivity index (χ0n) is 9.44. The van der Waals surface area contributed by atoms with Gasteiger partial charge in [-0.2, -0.15) is 0 Å². The summed E-state index contributed by atoms with van der Waals surface area (Å²) >= 11 is 0. The maximum absolute atomic E-state index is 11.9. The molecule has 0 aromatic heterocycles. The normalized spacial score (nSPS) is 36.7. The highest BCUT2D eigenvalue weighted by Gasteiger charge is 2.43. The minimum atomic E-state index is -0.183. The first-order chi connectivity index (χ1) is 7.13. The molecule has 4 unspecified atom stereocenters. The second kappa shape index (κ2) is 4.10. The van der Waals surface area contributed by atoms with E-state index in [0.29, 0.717) is 11.8 Å². The number of hydrogen-bond donors (Lipinski definition) is 2. The fourth-order valence-electron chi connectivity index (χ4n) is 2.81. The monoisotopic (exact) mass is 212 g/mol. The number of nitrogens with one attached hydrogen (secondary N) is 1. The summed E-state index contributed by atoms with van der Waals surface area (Å²) in [5.41, 5.74) is 0. The Morgan fingerprint density at radius 3 is 2.80 bits per heavy atom. The van der Waals surface area contributed by atoms with Crippen LogP contribution >= 0.6 is 0 Å². The quantitative estimate of drug-likeness (QED) is 0.668. The topological polar surface area (TPSA) is 52.6 Å². The van der Waals surface area contributed by atoms with Gasteiger partial charge in [0.1, 0.15) is 0 Å². The molecule has 1 aliphatic carbocycles. The molecule has 0 bridgehead atoms. The number of hydrogen-bond acceptors (Lipinski definition) is 3. The number of nitrogens with zero attached hydrogens (tertiary/aromatic N) is 1. The van der Waals surface area contributed by atoms with Gasteiger partial charge in [-0.3, -0.25) is 4.79 Å². The largest absolute Gasteiger partial charge is 0.393 e. The standard InChI is InChI=1S/C11H20N2O2/c1-7(12-2)11(15)13-5-8-3-4-10(14)9(8)6-13/h7-10,12,14H,3-6H2,1-2H3. The van der Waals surface area contributed by atoms with Gasteiger partial charge in [0.15, 0.2) is 0 Å².